The Balaban J connectivity index is 0.000000183. The average Bonchev–Trinajstić information content (AvgIpc) is 3.14. The van der Waals surface area contributed by atoms with Crippen molar-refractivity contribution in [2.45, 2.75) is 19.7 Å². The molecule has 51 heavy (non-hydrogen) atoms. The summed E-state index contributed by atoms with van der Waals surface area (Å²) in [7, 11) is 0. The molecule has 0 fully saturated rings. The Kier molecular flexibility index (Phi) is 9.74. The highest BCUT2D eigenvalue weighted by Gasteiger charge is 2.13. The summed E-state index contributed by atoms with van der Waals surface area (Å²) in [6.07, 6.45) is 5.66. The normalized spacial score (nSPS) is 10.7. The highest BCUT2D eigenvalue weighted by Crippen LogP contribution is 2.27. The van der Waals surface area contributed by atoms with Gasteiger partial charge in [-0.1, -0.05) is 42.5 Å². The second-order valence-electron chi connectivity index (χ2n) is 11.0. The molecular formula is C35H30N8O8. The van der Waals surface area contributed by atoms with Crippen molar-refractivity contribution in [1.29, 1.82) is 0 Å². The van der Waals surface area contributed by atoms with Crippen LogP contribution >= 0.6 is 0 Å². The minimum absolute atomic E-state index is 0.0959. The second-order valence-corrected chi connectivity index (χ2v) is 11.0. The van der Waals surface area contributed by atoms with Gasteiger partial charge in [0, 0.05) is 37.6 Å². The van der Waals surface area contributed by atoms with Gasteiger partial charge < -0.3 is 41.1 Å². The van der Waals surface area contributed by atoms with Gasteiger partial charge in [-0.15, -0.1) is 9.46 Å². The lowest BCUT2D eigenvalue weighted by Crippen LogP contribution is -2.27. The predicted octanol–water partition coefficient (Wildman–Crippen LogP) is 3.50. The Morgan fingerprint density at radius 1 is 0.608 bits per heavy atom. The van der Waals surface area contributed by atoms with E-state index in [1.807, 2.05) is 30.3 Å². The van der Waals surface area contributed by atoms with Gasteiger partial charge >= 0.3 is 0 Å². The maximum atomic E-state index is 12.6. The first-order valence-electron chi connectivity index (χ1n) is 15.3. The van der Waals surface area contributed by atoms with Crippen LogP contribution in [0.1, 0.15) is 16.7 Å². The van der Waals surface area contributed by atoms with Crippen LogP contribution in [0.5, 0.6) is 23.0 Å². The van der Waals surface area contributed by atoms with E-state index in [-0.39, 0.29) is 40.8 Å². The van der Waals surface area contributed by atoms with E-state index in [2.05, 4.69) is 30.6 Å². The van der Waals surface area contributed by atoms with E-state index >= 15 is 0 Å². The zero-order valence-corrected chi connectivity index (χ0v) is 26.6. The molecule has 7 rings (SSSR count). The molecule has 0 amide bonds. The first-order chi connectivity index (χ1) is 24.7. The molecule has 258 valence electrons. The fourth-order valence-electron chi connectivity index (χ4n) is 4.97. The number of hydrogen-bond donors (Lipinski definition) is 7. The molecule has 0 saturated heterocycles. The first kappa shape index (κ1) is 33.5. The summed E-state index contributed by atoms with van der Waals surface area (Å²) >= 11 is 0. The summed E-state index contributed by atoms with van der Waals surface area (Å²) in [5.41, 5.74) is 2.80. The Hall–Kier alpha value is -7.36. The number of pyridine rings is 2. The molecule has 0 saturated carbocycles. The number of nitrogens with zero attached hydrogens (tertiary/aromatic N) is 6. The standard InChI is InChI=1S/C21H18N4O4.C14H12N4O4/c26-18-7-6-15(8-19(18)27)10-23-17-9-20(28)25(21-16(17)11-22-13-24-21)29-12-14-4-2-1-3-5-14;19-11-2-1-8(3-12(11)20)5-16-10-4-13(21)18(22)14-9(10)6-15-7-17-14/h1-9,11,13,23,26-27H,10,12H2;1-4,6-7,16,19-20,22H,5H2. The predicted molar refractivity (Wildman–Crippen MR) is 186 cm³/mol. The number of hydrogen-bond acceptors (Lipinski definition) is 14. The van der Waals surface area contributed by atoms with Gasteiger partial charge in [0.15, 0.2) is 34.3 Å². The molecule has 7 aromatic rings. The zero-order valence-electron chi connectivity index (χ0n) is 26.6. The smallest absolute Gasteiger partial charge is 0.287 e. The van der Waals surface area contributed by atoms with E-state index in [0.717, 1.165) is 15.9 Å². The van der Waals surface area contributed by atoms with Gasteiger partial charge in [-0.25, -0.2) is 19.9 Å². The third-order valence-electron chi connectivity index (χ3n) is 7.55. The fraction of sp³-hybridized carbons (Fsp3) is 0.0857. The minimum atomic E-state index is -0.623. The monoisotopic (exact) mass is 690 g/mol. The molecule has 0 aliphatic heterocycles. The third kappa shape index (κ3) is 7.70. The van der Waals surface area contributed by atoms with Crippen LogP contribution < -0.4 is 26.6 Å². The number of rotatable bonds is 9. The summed E-state index contributed by atoms with van der Waals surface area (Å²) in [4.78, 5) is 46.1. The molecule has 0 radical (unpaired) electrons. The molecule has 3 aromatic carbocycles. The van der Waals surface area contributed by atoms with Gasteiger partial charge in [0.2, 0.25) is 0 Å². The number of benzene rings is 3. The fourth-order valence-corrected chi connectivity index (χ4v) is 4.97. The van der Waals surface area contributed by atoms with E-state index in [9.17, 15) is 35.2 Å². The van der Waals surface area contributed by atoms with Crippen LogP contribution in [0.3, 0.4) is 0 Å². The lowest BCUT2D eigenvalue weighted by molar-refractivity contribution is 0.0980. The van der Waals surface area contributed by atoms with E-state index < -0.39 is 5.56 Å². The Morgan fingerprint density at radius 3 is 1.71 bits per heavy atom. The van der Waals surface area contributed by atoms with Gasteiger partial charge in [-0.3, -0.25) is 9.59 Å². The summed E-state index contributed by atoms with van der Waals surface area (Å²) < 4.78 is 1.61. The van der Waals surface area contributed by atoms with Gasteiger partial charge in [0.25, 0.3) is 11.1 Å². The molecule has 0 unspecified atom stereocenters. The summed E-state index contributed by atoms with van der Waals surface area (Å²) in [6.45, 7) is 0.846. The lowest BCUT2D eigenvalue weighted by Gasteiger charge is -2.14. The molecular weight excluding hydrogens is 660 g/mol. The molecule has 0 bridgehead atoms. The quantitative estimate of drug-likeness (QED) is 0.0850. The van der Waals surface area contributed by atoms with Crippen LogP contribution in [0.2, 0.25) is 0 Å². The van der Waals surface area contributed by atoms with Crippen LogP contribution in [-0.4, -0.2) is 55.0 Å². The Bertz CT molecular complexity index is 2460. The minimum Gasteiger partial charge on any atom is -0.504 e. The number of phenols is 4. The number of phenolic OH excluding ortho intramolecular Hbond substituents is 4. The van der Waals surface area contributed by atoms with Gasteiger partial charge in [0.1, 0.15) is 19.3 Å². The molecule has 0 spiro atoms. The topological polar surface area (TPSA) is 230 Å². The third-order valence-corrected chi connectivity index (χ3v) is 7.55. The van der Waals surface area contributed by atoms with Crippen molar-refractivity contribution < 1.29 is 30.5 Å². The molecule has 4 aromatic heterocycles. The molecule has 16 heteroatoms. The Morgan fingerprint density at radius 2 is 1.14 bits per heavy atom. The van der Waals surface area contributed by atoms with Crippen molar-refractivity contribution >= 4 is 33.4 Å². The summed E-state index contributed by atoms with van der Waals surface area (Å²) in [5.74, 6) is -0.822. The number of aromatic nitrogens is 6. The number of anilines is 2. The number of nitrogens with one attached hydrogen (secondary N) is 2. The van der Waals surface area contributed by atoms with Crippen molar-refractivity contribution in [3.8, 4) is 23.0 Å². The van der Waals surface area contributed by atoms with Gasteiger partial charge in [0.05, 0.1) is 22.1 Å². The summed E-state index contributed by atoms with van der Waals surface area (Å²) in [6, 6.07) is 21.1. The van der Waals surface area contributed by atoms with Crippen molar-refractivity contribution in [3.63, 3.8) is 0 Å². The van der Waals surface area contributed by atoms with Crippen LogP contribution in [0.25, 0.3) is 22.1 Å². The molecule has 0 atom stereocenters. The van der Waals surface area contributed by atoms with Crippen LogP contribution in [0.15, 0.2) is 114 Å². The molecule has 4 heterocycles. The van der Waals surface area contributed by atoms with E-state index in [0.29, 0.717) is 51.2 Å². The van der Waals surface area contributed by atoms with Crippen molar-refractivity contribution in [1.82, 2.24) is 29.4 Å². The maximum Gasteiger partial charge on any atom is 0.287 e. The van der Waals surface area contributed by atoms with E-state index in [1.165, 1.54) is 55.2 Å². The number of aromatic hydroxyl groups is 4. The second kappa shape index (κ2) is 14.8. The largest absolute Gasteiger partial charge is 0.504 e. The van der Waals surface area contributed by atoms with Crippen molar-refractivity contribution in [3.05, 3.63) is 141 Å². The van der Waals surface area contributed by atoms with Gasteiger partial charge in [-0.05, 0) is 41.0 Å². The zero-order chi connectivity index (χ0) is 35.9. The highest BCUT2D eigenvalue weighted by atomic mass is 16.7. The molecule has 0 aliphatic rings. The maximum absolute atomic E-state index is 12.6. The van der Waals surface area contributed by atoms with E-state index in [1.54, 1.807) is 18.3 Å². The average molecular weight is 691 g/mol. The Labute approximate surface area is 287 Å². The van der Waals surface area contributed by atoms with Crippen molar-refractivity contribution in [2.75, 3.05) is 10.6 Å². The highest BCUT2D eigenvalue weighted by molar-refractivity contribution is 5.88. The number of fused-ring (bicyclic) bond motifs is 2. The van der Waals surface area contributed by atoms with Gasteiger partial charge in [-0.2, -0.15) is 0 Å². The van der Waals surface area contributed by atoms with E-state index in [4.69, 9.17) is 4.84 Å². The van der Waals surface area contributed by atoms with Crippen molar-refractivity contribution in [2.24, 2.45) is 0 Å². The molecule has 16 nitrogen and oxygen atoms in total. The SMILES string of the molecule is O=c1cc(NCc2ccc(O)c(O)c2)c2cncnc2n1O.O=c1cc(NCc2ccc(O)c(O)c2)c2cncnc2n1OCc1ccccc1. The molecule has 7 N–H and O–H groups in total. The lowest BCUT2D eigenvalue weighted by atomic mass is 10.2. The van der Waals surface area contributed by atoms with Crippen LogP contribution in [-0.2, 0) is 19.7 Å². The van der Waals surface area contributed by atoms with Crippen LogP contribution in [0.4, 0.5) is 11.4 Å². The first-order valence-corrected chi connectivity index (χ1v) is 15.3. The van der Waals surface area contributed by atoms with Crippen LogP contribution in [0, 0.1) is 0 Å². The molecule has 0 aliphatic carbocycles. The summed E-state index contributed by atoms with van der Waals surface area (Å²) in [5, 5.41) is 54.7.